The van der Waals surface area contributed by atoms with E-state index >= 15 is 0 Å². The van der Waals surface area contributed by atoms with E-state index in [1.54, 1.807) is 43.5 Å². The van der Waals surface area contributed by atoms with E-state index in [-0.39, 0.29) is 5.75 Å². The van der Waals surface area contributed by atoms with Crippen molar-refractivity contribution in [3.05, 3.63) is 45.0 Å². The zero-order chi connectivity index (χ0) is 15.7. The first-order chi connectivity index (χ1) is 10.6. The van der Waals surface area contributed by atoms with Crippen LogP contribution in [0.5, 0.6) is 11.5 Å². The molecule has 3 rings (SSSR count). The van der Waals surface area contributed by atoms with Gasteiger partial charge in [0.25, 0.3) is 5.89 Å². The van der Waals surface area contributed by atoms with Crippen molar-refractivity contribution < 1.29 is 14.4 Å². The lowest BCUT2D eigenvalue weighted by Crippen LogP contribution is -1.86. The van der Waals surface area contributed by atoms with Gasteiger partial charge in [-0.2, -0.15) is 4.98 Å². The molecule has 0 bridgehead atoms. The van der Waals surface area contributed by atoms with Gasteiger partial charge < -0.3 is 14.4 Å². The van der Waals surface area contributed by atoms with E-state index in [4.69, 9.17) is 20.9 Å². The molecule has 22 heavy (non-hydrogen) atoms. The predicted octanol–water partition coefficient (Wildman–Crippen LogP) is 4.38. The summed E-state index contributed by atoms with van der Waals surface area (Å²) >= 11 is 8.14. The van der Waals surface area contributed by atoms with E-state index in [0.717, 1.165) is 5.56 Å². The highest BCUT2D eigenvalue weighted by molar-refractivity contribution is 14.1. The minimum absolute atomic E-state index is 0.218. The molecule has 1 heterocycles. The molecular weight excluding hydrogens is 419 g/mol. The largest absolute Gasteiger partial charge is 0.507 e. The highest BCUT2D eigenvalue weighted by Crippen LogP contribution is 2.31. The van der Waals surface area contributed by atoms with Crippen LogP contribution in [0.1, 0.15) is 0 Å². The van der Waals surface area contributed by atoms with E-state index < -0.39 is 0 Å². The van der Waals surface area contributed by atoms with Crippen LogP contribution in [0, 0.1) is 3.57 Å². The second kappa shape index (κ2) is 6.13. The maximum Gasteiger partial charge on any atom is 0.258 e. The van der Waals surface area contributed by atoms with Crippen LogP contribution in [0.15, 0.2) is 40.9 Å². The third-order valence-electron chi connectivity index (χ3n) is 3.03. The number of ether oxygens (including phenoxy) is 1. The van der Waals surface area contributed by atoms with Crippen molar-refractivity contribution in [1.82, 2.24) is 10.1 Å². The number of aromatic hydroxyl groups is 1. The summed E-state index contributed by atoms with van der Waals surface area (Å²) in [5.74, 6) is 1.61. The Morgan fingerprint density at radius 2 is 1.95 bits per heavy atom. The van der Waals surface area contributed by atoms with Crippen LogP contribution in [0.3, 0.4) is 0 Å². The van der Waals surface area contributed by atoms with Gasteiger partial charge in [-0.1, -0.05) is 16.8 Å². The summed E-state index contributed by atoms with van der Waals surface area (Å²) < 4.78 is 11.1. The second-order valence-electron chi connectivity index (χ2n) is 4.44. The zero-order valence-electron chi connectivity index (χ0n) is 11.4. The summed E-state index contributed by atoms with van der Waals surface area (Å²) in [6, 6.07) is 10.3. The standard InChI is InChI=1S/C15H10ClIN2O3/c1-21-13-5-3-9(6-10(13)16)15-18-14(19-22-15)8-2-4-12(20)11(17)7-8/h2-7,20H,1H3. The molecule has 0 amide bonds. The second-order valence-corrected chi connectivity index (χ2v) is 6.01. The fourth-order valence-corrected chi connectivity index (χ4v) is 2.68. The van der Waals surface area contributed by atoms with E-state index in [9.17, 15) is 5.11 Å². The van der Waals surface area contributed by atoms with Gasteiger partial charge in [0.05, 0.1) is 15.7 Å². The van der Waals surface area contributed by atoms with Gasteiger partial charge in [-0.15, -0.1) is 0 Å². The van der Waals surface area contributed by atoms with Gasteiger partial charge in [0.1, 0.15) is 11.5 Å². The fourth-order valence-electron chi connectivity index (χ4n) is 1.90. The fraction of sp³-hybridized carbons (Fsp3) is 0.0667. The third-order valence-corrected chi connectivity index (χ3v) is 4.19. The zero-order valence-corrected chi connectivity index (χ0v) is 14.3. The quantitative estimate of drug-likeness (QED) is 0.627. The topological polar surface area (TPSA) is 68.4 Å². The van der Waals surface area contributed by atoms with Gasteiger partial charge in [0.15, 0.2) is 0 Å². The maximum atomic E-state index is 9.56. The van der Waals surface area contributed by atoms with E-state index in [0.29, 0.717) is 31.6 Å². The Hall–Kier alpha value is -1.80. The third kappa shape index (κ3) is 2.89. The lowest BCUT2D eigenvalue weighted by Gasteiger charge is -2.02. The van der Waals surface area contributed by atoms with Crippen LogP contribution < -0.4 is 4.74 Å². The molecule has 112 valence electrons. The average molecular weight is 429 g/mol. The van der Waals surface area contributed by atoms with Crippen LogP contribution in [0.2, 0.25) is 5.02 Å². The molecule has 7 heteroatoms. The first-order valence-electron chi connectivity index (χ1n) is 6.25. The number of hydrogen-bond acceptors (Lipinski definition) is 5. The Kier molecular flexibility index (Phi) is 4.21. The Labute approximate surface area is 145 Å². The lowest BCUT2D eigenvalue weighted by molar-refractivity contribution is 0.414. The van der Waals surface area contributed by atoms with Crippen molar-refractivity contribution in [3.63, 3.8) is 0 Å². The number of aromatic nitrogens is 2. The number of hydrogen-bond donors (Lipinski definition) is 1. The number of rotatable bonds is 3. The van der Waals surface area contributed by atoms with Gasteiger partial charge in [0.2, 0.25) is 5.82 Å². The van der Waals surface area contributed by atoms with Crippen LogP contribution in [-0.4, -0.2) is 22.4 Å². The Bertz CT molecular complexity index is 835. The summed E-state index contributed by atoms with van der Waals surface area (Å²) in [6.45, 7) is 0. The van der Waals surface area contributed by atoms with Crippen LogP contribution in [-0.2, 0) is 0 Å². The smallest absolute Gasteiger partial charge is 0.258 e. The lowest BCUT2D eigenvalue weighted by atomic mass is 10.2. The van der Waals surface area contributed by atoms with Crippen molar-refractivity contribution in [2.75, 3.05) is 7.11 Å². The SMILES string of the molecule is COc1ccc(-c2nc(-c3ccc(O)c(I)c3)no2)cc1Cl. The van der Waals surface area contributed by atoms with Gasteiger partial charge in [-0.3, -0.25) is 0 Å². The predicted molar refractivity (Wildman–Crippen MR) is 91.1 cm³/mol. The van der Waals surface area contributed by atoms with Crippen molar-refractivity contribution in [1.29, 1.82) is 0 Å². The maximum absolute atomic E-state index is 9.56. The van der Waals surface area contributed by atoms with Crippen molar-refractivity contribution >= 4 is 34.2 Å². The molecule has 0 aliphatic rings. The summed E-state index contributed by atoms with van der Waals surface area (Å²) in [5, 5.41) is 14.0. The molecule has 0 unspecified atom stereocenters. The van der Waals surface area contributed by atoms with Gasteiger partial charge >= 0.3 is 0 Å². The minimum Gasteiger partial charge on any atom is -0.507 e. The molecule has 5 nitrogen and oxygen atoms in total. The molecule has 1 aromatic heterocycles. The molecule has 0 aliphatic heterocycles. The Balaban J connectivity index is 1.96. The molecular formula is C15H10ClIN2O3. The number of benzene rings is 2. The van der Waals surface area contributed by atoms with Gasteiger partial charge in [-0.05, 0) is 59.0 Å². The number of methoxy groups -OCH3 is 1. The number of nitrogens with zero attached hydrogens (tertiary/aromatic N) is 2. The molecule has 0 radical (unpaired) electrons. The molecule has 3 aromatic rings. The van der Waals surface area contributed by atoms with Gasteiger partial charge in [-0.25, -0.2) is 0 Å². The van der Waals surface area contributed by atoms with E-state index in [1.807, 2.05) is 22.6 Å². The minimum atomic E-state index is 0.218. The molecule has 2 aromatic carbocycles. The number of phenolic OH excluding ortho intramolecular Hbond substituents is 1. The van der Waals surface area contributed by atoms with Gasteiger partial charge in [0, 0.05) is 11.1 Å². The summed E-state index contributed by atoms with van der Waals surface area (Å²) in [5.41, 5.74) is 1.47. The first-order valence-corrected chi connectivity index (χ1v) is 7.70. The van der Waals surface area contributed by atoms with Crippen molar-refractivity contribution in [2.24, 2.45) is 0 Å². The summed E-state index contributed by atoms with van der Waals surface area (Å²) in [6.07, 6.45) is 0. The molecule has 0 atom stereocenters. The molecule has 0 saturated carbocycles. The molecule has 0 saturated heterocycles. The highest BCUT2D eigenvalue weighted by atomic mass is 127. The Morgan fingerprint density at radius 1 is 1.18 bits per heavy atom. The molecule has 0 fully saturated rings. The molecule has 0 spiro atoms. The average Bonchev–Trinajstić information content (AvgIpc) is 3.00. The molecule has 0 aliphatic carbocycles. The van der Waals surface area contributed by atoms with Crippen LogP contribution >= 0.6 is 34.2 Å². The van der Waals surface area contributed by atoms with Crippen molar-refractivity contribution in [3.8, 4) is 34.3 Å². The number of halogens is 2. The van der Waals surface area contributed by atoms with Crippen LogP contribution in [0.25, 0.3) is 22.8 Å². The van der Waals surface area contributed by atoms with Crippen LogP contribution in [0.4, 0.5) is 0 Å². The normalized spacial score (nSPS) is 10.7. The van der Waals surface area contributed by atoms with E-state index in [2.05, 4.69) is 10.1 Å². The summed E-state index contributed by atoms with van der Waals surface area (Å²) in [7, 11) is 1.55. The first kappa shape index (κ1) is 15.1. The molecule has 1 N–H and O–H groups in total. The Morgan fingerprint density at radius 3 is 2.64 bits per heavy atom. The van der Waals surface area contributed by atoms with E-state index in [1.165, 1.54) is 0 Å². The highest BCUT2D eigenvalue weighted by Gasteiger charge is 2.13. The van der Waals surface area contributed by atoms with Crippen molar-refractivity contribution in [2.45, 2.75) is 0 Å². The monoisotopic (exact) mass is 428 g/mol. The number of phenols is 1. The summed E-state index contributed by atoms with van der Waals surface area (Å²) in [4.78, 5) is 4.36.